The summed E-state index contributed by atoms with van der Waals surface area (Å²) in [6, 6.07) is 3.25. The molecular formula is C12H12N4OS. The van der Waals surface area contributed by atoms with Gasteiger partial charge in [0.2, 0.25) is 0 Å². The fourth-order valence-corrected chi connectivity index (χ4v) is 2.40. The largest absolute Gasteiger partial charge is 0.397 e. The van der Waals surface area contributed by atoms with Gasteiger partial charge in [0.25, 0.3) is 5.91 Å². The molecule has 2 aromatic heterocycles. The molecule has 0 saturated heterocycles. The lowest BCUT2D eigenvalue weighted by Crippen LogP contribution is -2.13. The van der Waals surface area contributed by atoms with E-state index in [2.05, 4.69) is 15.3 Å². The summed E-state index contributed by atoms with van der Waals surface area (Å²) < 4.78 is 0. The molecule has 3 rings (SSSR count). The molecular weight excluding hydrogens is 248 g/mol. The number of nitrogens with two attached hydrogens (primary N) is 1. The Morgan fingerprint density at radius 3 is 2.94 bits per heavy atom. The highest BCUT2D eigenvalue weighted by atomic mass is 32.1. The summed E-state index contributed by atoms with van der Waals surface area (Å²) in [4.78, 5) is 20.2. The third-order valence-electron chi connectivity index (χ3n) is 2.76. The summed E-state index contributed by atoms with van der Waals surface area (Å²) in [6.07, 6.45) is 3.87. The second-order valence-corrected chi connectivity index (χ2v) is 5.14. The molecule has 2 aromatic rings. The Kier molecular flexibility index (Phi) is 2.71. The smallest absolute Gasteiger partial charge is 0.276 e. The standard InChI is InChI=1S/C12H12N4OS/c13-8-3-4-9(14-5-8)11(17)16-12-15-10(6-18-12)7-1-2-7/h3-7H,1-2,13H2,(H,15,16,17). The lowest BCUT2D eigenvalue weighted by molar-refractivity contribution is 0.102. The number of carbonyl (C=O) groups is 1. The van der Waals surface area contributed by atoms with E-state index in [1.54, 1.807) is 12.1 Å². The van der Waals surface area contributed by atoms with Crippen LogP contribution in [0.4, 0.5) is 10.8 Å². The molecule has 1 amide bonds. The summed E-state index contributed by atoms with van der Waals surface area (Å²) in [7, 11) is 0. The molecule has 6 heteroatoms. The van der Waals surface area contributed by atoms with Gasteiger partial charge >= 0.3 is 0 Å². The first kappa shape index (κ1) is 11.2. The fourth-order valence-electron chi connectivity index (χ4n) is 1.61. The van der Waals surface area contributed by atoms with Crippen molar-refractivity contribution < 1.29 is 4.79 Å². The number of thiazole rings is 1. The maximum atomic E-state index is 11.9. The van der Waals surface area contributed by atoms with E-state index in [0.29, 0.717) is 22.4 Å². The van der Waals surface area contributed by atoms with Crippen molar-refractivity contribution in [2.45, 2.75) is 18.8 Å². The van der Waals surface area contributed by atoms with Gasteiger partial charge in [0, 0.05) is 11.3 Å². The zero-order valence-electron chi connectivity index (χ0n) is 9.59. The van der Waals surface area contributed by atoms with Crippen LogP contribution >= 0.6 is 11.3 Å². The minimum atomic E-state index is -0.258. The van der Waals surface area contributed by atoms with Crippen LogP contribution in [0.5, 0.6) is 0 Å². The summed E-state index contributed by atoms with van der Waals surface area (Å²) in [5.74, 6) is 0.341. The molecule has 0 spiro atoms. The highest BCUT2D eigenvalue weighted by molar-refractivity contribution is 7.14. The third kappa shape index (κ3) is 2.33. The Hall–Kier alpha value is -1.95. The number of pyridine rings is 1. The number of carbonyl (C=O) groups excluding carboxylic acids is 1. The van der Waals surface area contributed by atoms with E-state index in [9.17, 15) is 4.79 Å². The van der Waals surface area contributed by atoms with Crippen molar-refractivity contribution in [3.8, 4) is 0 Å². The van der Waals surface area contributed by atoms with E-state index >= 15 is 0 Å². The van der Waals surface area contributed by atoms with E-state index in [4.69, 9.17) is 5.73 Å². The monoisotopic (exact) mass is 260 g/mol. The molecule has 1 saturated carbocycles. The third-order valence-corrected chi connectivity index (χ3v) is 3.53. The minimum absolute atomic E-state index is 0.258. The van der Waals surface area contributed by atoms with Gasteiger partial charge in [0.15, 0.2) is 5.13 Å². The molecule has 92 valence electrons. The molecule has 2 heterocycles. The van der Waals surface area contributed by atoms with E-state index in [-0.39, 0.29) is 5.91 Å². The molecule has 18 heavy (non-hydrogen) atoms. The van der Waals surface area contributed by atoms with Gasteiger partial charge in [-0.3, -0.25) is 10.1 Å². The van der Waals surface area contributed by atoms with Crippen molar-refractivity contribution in [2.24, 2.45) is 0 Å². The van der Waals surface area contributed by atoms with Crippen molar-refractivity contribution in [3.63, 3.8) is 0 Å². The second-order valence-electron chi connectivity index (χ2n) is 4.28. The predicted molar refractivity (Wildman–Crippen MR) is 70.7 cm³/mol. The highest BCUT2D eigenvalue weighted by Crippen LogP contribution is 2.40. The van der Waals surface area contributed by atoms with Crippen LogP contribution in [0.3, 0.4) is 0 Å². The molecule has 1 fully saturated rings. The van der Waals surface area contributed by atoms with Gasteiger partial charge in [0.05, 0.1) is 17.6 Å². The minimum Gasteiger partial charge on any atom is -0.397 e. The zero-order chi connectivity index (χ0) is 12.5. The number of nitrogens with zero attached hydrogens (tertiary/aromatic N) is 2. The molecule has 0 aromatic carbocycles. The first-order valence-corrected chi connectivity index (χ1v) is 6.58. The number of nitrogens with one attached hydrogen (secondary N) is 1. The second kappa shape index (κ2) is 4.38. The van der Waals surface area contributed by atoms with Gasteiger partial charge in [-0.1, -0.05) is 0 Å². The maximum Gasteiger partial charge on any atom is 0.276 e. The normalized spacial score (nSPS) is 14.4. The Morgan fingerprint density at radius 2 is 2.28 bits per heavy atom. The quantitative estimate of drug-likeness (QED) is 0.886. The van der Waals surface area contributed by atoms with Crippen molar-refractivity contribution in [1.29, 1.82) is 0 Å². The maximum absolute atomic E-state index is 11.9. The number of hydrogen-bond donors (Lipinski definition) is 2. The molecule has 0 atom stereocenters. The summed E-state index contributed by atoms with van der Waals surface area (Å²) in [5.41, 5.74) is 7.48. The molecule has 5 nitrogen and oxygen atoms in total. The molecule has 0 unspecified atom stereocenters. The Bertz CT molecular complexity index is 574. The molecule has 1 aliphatic rings. The summed E-state index contributed by atoms with van der Waals surface area (Å²) >= 11 is 1.45. The van der Waals surface area contributed by atoms with E-state index < -0.39 is 0 Å². The SMILES string of the molecule is Nc1ccc(C(=O)Nc2nc(C3CC3)cs2)nc1. The van der Waals surface area contributed by atoms with Crippen molar-refractivity contribution in [2.75, 3.05) is 11.1 Å². The zero-order valence-corrected chi connectivity index (χ0v) is 10.4. The highest BCUT2D eigenvalue weighted by Gasteiger charge is 2.26. The average Bonchev–Trinajstić information content (AvgIpc) is 3.11. The van der Waals surface area contributed by atoms with Crippen LogP contribution in [-0.4, -0.2) is 15.9 Å². The summed E-state index contributed by atoms with van der Waals surface area (Å²) in [6.45, 7) is 0. The van der Waals surface area contributed by atoms with Gasteiger partial charge in [-0.25, -0.2) is 9.97 Å². The number of nitrogen functional groups attached to an aromatic ring is 1. The van der Waals surface area contributed by atoms with Crippen LogP contribution in [0, 0.1) is 0 Å². The molecule has 0 bridgehead atoms. The number of anilines is 2. The van der Waals surface area contributed by atoms with Gasteiger partial charge in [-0.05, 0) is 25.0 Å². The van der Waals surface area contributed by atoms with Crippen LogP contribution < -0.4 is 11.1 Å². The Labute approximate surface area is 108 Å². The van der Waals surface area contributed by atoms with E-state index in [1.807, 2.05) is 5.38 Å². The van der Waals surface area contributed by atoms with E-state index in [1.165, 1.54) is 30.4 Å². The lowest BCUT2D eigenvalue weighted by Gasteiger charge is -2.00. The number of aromatic nitrogens is 2. The van der Waals surface area contributed by atoms with E-state index in [0.717, 1.165) is 5.69 Å². The molecule has 0 radical (unpaired) electrons. The Morgan fingerprint density at radius 1 is 1.44 bits per heavy atom. The molecule has 1 aliphatic carbocycles. The van der Waals surface area contributed by atoms with Gasteiger partial charge in [-0.2, -0.15) is 0 Å². The number of hydrogen-bond acceptors (Lipinski definition) is 5. The molecule has 0 aliphatic heterocycles. The summed E-state index contributed by atoms with van der Waals surface area (Å²) in [5, 5.41) is 5.38. The fraction of sp³-hybridized carbons (Fsp3) is 0.250. The van der Waals surface area contributed by atoms with Crippen LogP contribution in [-0.2, 0) is 0 Å². The Balaban J connectivity index is 1.70. The van der Waals surface area contributed by atoms with Crippen molar-refractivity contribution >= 4 is 28.1 Å². The van der Waals surface area contributed by atoms with Crippen LogP contribution in [0.15, 0.2) is 23.7 Å². The van der Waals surface area contributed by atoms with Gasteiger partial charge in [-0.15, -0.1) is 11.3 Å². The van der Waals surface area contributed by atoms with Crippen molar-refractivity contribution in [3.05, 3.63) is 35.1 Å². The topological polar surface area (TPSA) is 80.9 Å². The van der Waals surface area contributed by atoms with Gasteiger partial charge in [0.1, 0.15) is 5.69 Å². The van der Waals surface area contributed by atoms with Gasteiger partial charge < -0.3 is 5.73 Å². The van der Waals surface area contributed by atoms with Crippen molar-refractivity contribution in [1.82, 2.24) is 9.97 Å². The lowest BCUT2D eigenvalue weighted by atomic mass is 10.3. The predicted octanol–water partition coefficient (Wildman–Crippen LogP) is 2.25. The number of rotatable bonds is 3. The average molecular weight is 260 g/mol. The first-order chi connectivity index (χ1) is 8.72. The molecule has 3 N–H and O–H groups in total. The van der Waals surface area contributed by atoms with Crippen LogP contribution in [0.2, 0.25) is 0 Å². The number of amides is 1. The van der Waals surface area contributed by atoms with Crippen LogP contribution in [0.25, 0.3) is 0 Å². The first-order valence-electron chi connectivity index (χ1n) is 5.70. The van der Waals surface area contributed by atoms with Crippen LogP contribution in [0.1, 0.15) is 34.9 Å².